The first kappa shape index (κ1) is 41.9. The van der Waals surface area contributed by atoms with Gasteiger partial charge < -0.3 is 15.3 Å². The highest BCUT2D eigenvalue weighted by Crippen LogP contribution is 2.42. The van der Waals surface area contributed by atoms with Crippen molar-refractivity contribution >= 4 is 29.4 Å². The molecule has 3 N–H and O–H groups in total. The van der Waals surface area contributed by atoms with Crippen molar-refractivity contribution in [3.05, 3.63) is 125 Å². The molecule has 1 aromatic rings. The predicted molar refractivity (Wildman–Crippen MR) is 192 cm³/mol. The summed E-state index contributed by atoms with van der Waals surface area (Å²) >= 11 is 3.21. The average Bonchev–Trinajstić information content (AvgIpc) is 3.05. The molecule has 0 saturated heterocycles. The van der Waals surface area contributed by atoms with Crippen LogP contribution in [0.4, 0.5) is 8.78 Å². The molecule has 1 aliphatic rings. The van der Waals surface area contributed by atoms with Gasteiger partial charge in [0.2, 0.25) is 0 Å². The van der Waals surface area contributed by atoms with Crippen molar-refractivity contribution in [1.82, 2.24) is 10.8 Å². The van der Waals surface area contributed by atoms with Crippen LogP contribution in [0.15, 0.2) is 119 Å². The number of halogens is 2. The van der Waals surface area contributed by atoms with Crippen molar-refractivity contribution < 1.29 is 23.5 Å². The normalized spacial score (nSPS) is 16.1. The highest BCUT2D eigenvalue weighted by molar-refractivity contribution is 8.19. The Morgan fingerprint density at radius 1 is 1.22 bits per heavy atom. The highest BCUT2D eigenvalue weighted by Gasteiger charge is 2.26. The molecule has 0 spiro atoms. The zero-order valence-corrected chi connectivity index (χ0v) is 29.2. The molecule has 0 radical (unpaired) electrons. The number of ether oxygens (including phenoxy) is 1. The molecule has 1 heterocycles. The fourth-order valence-electron chi connectivity index (χ4n) is 4.14. The van der Waals surface area contributed by atoms with Crippen molar-refractivity contribution in [3.63, 3.8) is 0 Å². The molecule has 0 saturated carbocycles. The average molecular weight is 661 g/mol. The summed E-state index contributed by atoms with van der Waals surface area (Å²) in [4.78, 5) is 13.9. The SMILES string of the molecule is C=C/C=C\C=C/C.CNO.C\C=C(F)/C=C(\C=C\F)CNC(=O)C1=C(CCC(CC)c2ccc(OC)cc2)C(C)=CC(SC)S1. The molecule has 2 unspecified atom stereocenters. The number of hydrogen-bond donors (Lipinski definition) is 3. The predicted octanol–water partition coefficient (Wildman–Crippen LogP) is 9.90. The Hall–Kier alpha value is -3.11. The van der Waals surface area contributed by atoms with Gasteiger partial charge in [-0.2, -0.15) is 0 Å². The minimum Gasteiger partial charge on any atom is -0.497 e. The van der Waals surface area contributed by atoms with Gasteiger partial charge in [0.05, 0.1) is 22.9 Å². The first-order valence-electron chi connectivity index (χ1n) is 14.7. The van der Waals surface area contributed by atoms with Gasteiger partial charge in [-0.15, -0.1) is 23.5 Å². The fraction of sp³-hybridized carbons (Fsp3) is 0.361. The Morgan fingerprint density at radius 3 is 2.40 bits per heavy atom. The summed E-state index contributed by atoms with van der Waals surface area (Å²) in [5.41, 5.74) is 5.50. The van der Waals surface area contributed by atoms with E-state index in [-0.39, 0.29) is 17.0 Å². The van der Waals surface area contributed by atoms with E-state index in [1.165, 1.54) is 36.5 Å². The topological polar surface area (TPSA) is 70.6 Å². The fourth-order valence-corrected chi connectivity index (χ4v) is 6.24. The van der Waals surface area contributed by atoms with Crippen molar-refractivity contribution in [3.8, 4) is 5.75 Å². The summed E-state index contributed by atoms with van der Waals surface area (Å²) in [6.45, 7) is 11.3. The maximum absolute atomic E-state index is 13.7. The molecule has 0 fully saturated rings. The smallest absolute Gasteiger partial charge is 0.258 e. The summed E-state index contributed by atoms with van der Waals surface area (Å²) in [7, 11) is 3.09. The quantitative estimate of drug-likeness (QED) is 0.136. The van der Waals surface area contributed by atoms with E-state index in [0.717, 1.165) is 42.2 Å². The third-order valence-corrected chi connectivity index (χ3v) is 9.01. The number of carbonyl (C=O) groups excluding carboxylic acids is 1. The van der Waals surface area contributed by atoms with Gasteiger partial charge in [-0.1, -0.05) is 68.2 Å². The van der Waals surface area contributed by atoms with Gasteiger partial charge in [0.25, 0.3) is 5.91 Å². The highest BCUT2D eigenvalue weighted by atomic mass is 32.2. The lowest BCUT2D eigenvalue weighted by atomic mass is 9.88. The number of carbonyl (C=O) groups is 1. The molecule has 248 valence electrons. The standard InChI is InChI=1S/C28H35F2NO2S2.C7H10.CH5NO/c1-6-21(22-8-11-24(33-4)12-9-22)10-13-25-19(3)16-26(34-5)35-27(25)28(32)31-18-20(14-15-29)17-23(30)7-2;1-3-5-7-6-4-2;1-2-3/h7-9,11-12,14-17,21,26H,6,10,13,18H2,1-5H3,(H,31,32);3-7H,1H2,2H3;2-3H,1H3/b15-14+,20-17+,23-7+;6-4-,7-5-;. The Morgan fingerprint density at radius 2 is 1.89 bits per heavy atom. The van der Waals surface area contributed by atoms with Gasteiger partial charge in [-0.05, 0) is 98.8 Å². The number of hydrogen-bond acceptors (Lipinski definition) is 6. The monoisotopic (exact) mass is 660 g/mol. The molecular weight excluding hydrogens is 611 g/mol. The number of allylic oxidation sites excluding steroid dienone is 10. The van der Waals surface area contributed by atoms with E-state index in [1.807, 2.05) is 49.6 Å². The molecule has 9 heteroatoms. The Balaban J connectivity index is 0.00000167. The second-order valence-corrected chi connectivity index (χ2v) is 12.0. The van der Waals surface area contributed by atoms with Gasteiger partial charge in [0.15, 0.2) is 0 Å². The first-order chi connectivity index (χ1) is 21.7. The van der Waals surface area contributed by atoms with Gasteiger partial charge in [-0.3, -0.25) is 4.79 Å². The molecule has 1 amide bonds. The van der Waals surface area contributed by atoms with Gasteiger partial charge in [0, 0.05) is 13.6 Å². The van der Waals surface area contributed by atoms with E-state index in [9.17, 15) is 13.6 Å². The number of benzene rings is 1. The largest absolute Gasteiger partial charge is 0.497 e. The Labute approximate surface area is 278 Å². The molecule has 45 heavy (non-hydrogen) atoms. The zero-order valence-electron chi connectivity index (χ0n) is 27.6. The van der Waals surface area contributed by atoms with E-state index in [0.29, 0.717) is 22.7 Å². The van der Waals surface area contributed by atoms with Crippen LogP contribution < -0.4 is 15.5 Å². The van der Waals surface area contributed by atoms with Crippen LogP contribution in [-0.4, -0.2) is 42.7 Å². The van der Waals surface area contributed by atoms with Crippen molar-refractivity contribution in [2.75, 3.05) is 27.0 Å². The Kier molecular flexibility index (Phi) is 24.3. The van der Waals surface area contributed by atoms with Crippen LogP contribution in [0.1, 0.15) is 58.4 Å². The summed E-state index contributed by atoms with van der Waals surface area (Å²) in [5.74, 6) is 0.501. The molecule has 1 aliphatic heterocycles. The minimum absolute atomic E-state index is 0.0357. The number of amides is 1. The molecule has 2 rings (SSSR count). The molecule has 0 aromatic heterocycles. The van der Waals surface area contributed by atoms with Crippen molar-refractivity contribution in [2.24, 2.45) is 0 Å². The van der Waals surface area contributed by atoms with E-state index in [1.54, 1.807) is 37.4 Å². The van der Waals surface area contributed by atoms with E-state index in [4.69, 9.17) is 9.94 Å². The van der Waals surface area contributed by atoms with Crippen LogP contribution >= 0.6 is 23.5 Å². The van der Waals surface area contributed by atoms with Gasteiger partial charge in [-0.25, -0.2) is 14.3 Å². The second-order valence-electron chi connectivity index (χ2n) is 9.53. The third kappa shape index (κ3) is 17.2. The summed E-state index contributed by atoms with van der Waals surface area (Å²) < 4.78 is 31.9. The Bertz CT molecular complexity index is 1230. The maximum atomic E-state index is 13.7. The van der Waals surface area contributed by atoms with E-state index in [2.05, 4.69) is 44.0 Å². The van der Waals surface area contributed by atoms with Crippen LogP contribution in [0.3, 0.4) is 0 Å². The number of thioether (sulfide) groups is 2. The summed E-state index contributed by atoms with van der Waals surface area (Å²) in [5, 5.41) is 10.2. The molecule has 0 aliphatic carbocycles. The van der Waals surface area contributed by atoms with Crippen LogP contribution in [0.5, 0.6) is 5.75 Å². The zero-order chi connectivity index (χ0) is 34.0. The van der Waals surface area contributed by atoms with Gasteiger partial charge in [0.1, 0.15) is 11.6 Å². The molecule has 2 atom stereocenters. The van der Waals surface area contributed by atoms with Crippen LogP contribution in [0.25, 0.3) is 0 Å². The lowest BCUT2D eigenvalue weighted by molar-refractivity contribution is -0.116. The second kappa shape index (κ2) is 26.1. The third-order valence-electron chi connectivity index (χ3n) is 6.51. The van der Waals surface area contributed by atoms with Gasteiger partial charge >= 0.3 is 0 Å². The molecule has 0 bridgehead atoms. The van der Waals surface area contributed by atoms with Crippen LogP contribution in [-0.2, 0) is 4.79 Å². The first-order valence-corrected chi connectivity index (χ1v) is 16.9. The number of rotatable bonds is 14. The summed E-state index contributed by atoms with van der Waals surface area (Å²) in [6, 6.07) is 8.17. The molecule has 5 nitrogen and oxygen atoms in total. The van der Waals surface area contributed by atoms with Crippen molar-refractivity contribution in [2.45, 2.75) is 57.5 Å². The number of methoxy groups -OCH3 is 1. The number of hydroxylamine groups is 1. The lowest BCUT2D eigenvalue weighted by Crippen LogP contribution is -2.28. The maximum Gasteiger partial charge on any atom is 0.258 e. The molecular formula is C36H50F2N2O3S2. The van der Waals surface area contributed by atoms with E-state index < -0.39 is 5.83 Å². The molecule has 1 aromatic carbocycles. The van der Waals surface area contributed by atoms with Crippen LogP contribution in [0, 0.1) is 0 Å². The summed E-state index contributed by atoms with van der Waals surface area (Å²) in [6.07, 6.45) is 20.4. The minimum atomic E-state index is -0.482. The number of nitrogens with one attached hydrogen (secondary N) is 2. The van der Waals surface area contributed by atoms with Crippen molar-refractivity contribution in [1.29, 1.82) is 0 Å². The van der Waals surface area contributed by atoms with Crippen LogP contribution in [0.2, 0.25) is 0 Å². The lowest BCUT2D eigenvalue weighted by Gasteiger charge is -2.25. The van der Waals surface area contributed by atoms with E-state index >= 15 is 0 Å².